The van der Waals surface area contributed by atoms with Gasteiger partial charge in [0.2, 0.25) is 0 Å². The molecule has 0 bridgehead atoms. The van der Waals surface area contributed by atoms with E-state index in [1.54, 1.807) is 11.1 Å². The molecule has 1 heterocycles. The van der Waals surface area contributed by atoms with Crippen LogP contribution in [0.2, 0.25) is 0 Å². The summed E-state index contributed by atoms with van der Waals surface area (Å²) >= 11 is 0. The van der Waals surface area contributed by atoms with Crippen LogP contribution in [0.3, 0.4) is 0 Å². The second kappa shape index (κ2) is 6.84. The molecule has 0 fully saturated rings. The molecule has 3 aromatic carbocycles. The van der Waals surface area contributed by atoms with Crippen LogP contribution in [0.25, 0.3) is 10.8 Å². The van der Waals surface area contributed by atoms with Crippen molar-refractivity contribution in [3.63, 3.8) is 0 Å². The summed E-state index contributed by atoms with van der Waals surface area (Å²) in [5, 5.41) is 6.49. The molecule has 1 amide bonds. The molecule has 26 heavy (non-hydrogen) atoms. The van der Waals surface area contributed by atoms with E-state index in [2.05, 4.69) is 17.2 Å². The third kappa shape index (κ3) is 3.22. The highest BCUT2D eigenvalue weighted by Crippen LogP contribution is 2.22. The minimum absolute atomic E-state index is 0.0223. The highest BCUT2D eigenvalue weighted by atomic mass is 16.2. The second-order valence-corrected chi connectivity index (χ2v) is 6.30. The molecule has 4 rings (SSSR count). The number of nitrogens with zero attached hydrogens (tertiary/aromatic N) is 3. The van der Waals surface area contributed by atoms with Gasteiger partial charge in [0.1, 0.15) is 0 Å². The maximum atomic E-state index is 12.8. The largest absolute Gasteiger partial charge is 0.311 e. The number of hydrogen-bond donors (Lipinski definition) is 0. The van der Waals surface area contributed by atoms with Crippen LogP contribution in [-0.2, 0) is 6.54 Å². The molecule has 4 heteroatoms. The van der Waals surface area contributed by atoms with Gasteiger partial charge < -0.3 is 4.90 Å². The molecule has 0 aliphatic heterocycles. The number of rotatable bonds is 4. The van der Waals surface area contributed by atoms with Gasteiger partial charge in [-0.1, -0.05) is 42.5 Å². The summed E-state index contributed by atoms with van der Waals surface area (Å²) in [5.41, 5.74) is 2.66. The standard InChI is InChI=1S/C22H19N3O/c1-24(21-12-11-18-5-2-3-6-20(18)15-21)22(26)19-9-7-17(8-10-19)16-25-14-4-13-23-25/h2-15H,16H2,1H3. The molecule has 0 spiro atoms. The van der Waals surface area contributed by atoms with Crippen molar-refractivity contribution < 1.29 is 4.79 Å². The maximum absolute atomic E-state index is 12.8. The molecule has 1 aromatic heterocycles. The minimum atomic E-state index is -0.0223. The average molecular weight is 341 g/mol. The second-order valence-electron chi connectivity index (χ2n) is 6.30. The molecule has 4 nitrogen and oxygen atoms in total. The maximum Gasteiger partial charge on any atom is 0.258 e. The monoisotopic (exact) mass is 341 g/mol. The highest BCUT2D eigenvalue weighted by Gasteiger charge is 2.13. The van der Waals surface area contributed by atoms with Crippen LogP contribution < -0.4 is 4.90 Å². The SMILES string of the molecule is CN(C(=O)c1ccc(Cn2cccn2)cc1)c1ccc2ccccc2c1. The number of anilines is 1. The Bertz CT molecular complexity index is 1040. The lowest BCUT2D eigenvalue weighted by molar-refractivity contribution is 0.0993. The Morgan fingerprint density at radius 2 is 1.73 bits per heavy atom. The molecule has 0 unspecified atom stereocenters. The predicted octanol–water partition coefficient (Wildman–Crippen LogP) is 4.36. The molecule has 0 aliphatic carbocycles. The van der Waals surface area contributed by atoms with Gasteiger partial charge in [0.25, 0.3) is 5.91 Å². The van der Waals surface area contributed by atoms with E-state index in [1.165, 1.54) is 5.39 Å². The van der Waals surface area contributed by atoms with Gasteiger partial charge in [-0.15, -0.1) is 0 Å². The number of carbonyl (C=O) groups is 1. The first-order valence-electron chi connectivity index (χ1n) is 8.54. The molecule has 0 N–H and O–H groups in total. The van der Waals surface area contributed by atoms with Crippen LogP contribution in [0.4, 0.5) is 5.69 Å². The summed E-state index contributed by atoms with van der Waals surface area (Å²) in [5.74, 6) is -0.0223. The summed E-state index contributed by atoms with van der Waals surface area (Å²) < 4.78 is 1.86. The topological polar surface area (TPSA) is 38.1 Å². The van der Waals surface area contributed by atoms with Crippen LogP contribution in [-0.4, -0.2) is 22.7 Å². The van der Waals surface area contributed by atoms with Crippen molar-refractivity contribution in [1.29, 1.82) is 0 Å². The van der Waals surface area contributed by atoms with Crippen molar-refractivity contribution in [2.45, 2.75) is 6.54 Å². The van der Waals surface area contributed by atoms with E-state index in [9.17, 15) is 4.79 Å². The van der Waals surface area contributed by atoms with Crippen LogP contribution >= 0.6 is 0 Å². The van der Waals surface area contributed by atoms with E-state index >= 15 is 0 Å². The van der Waals surface area contributed by atoms with Crippen LogP contribution in [0, 0.1) is 0 Å². The molecule has 4 aromatic rings. The number of amides is 1. The summed E-state index contributed by atoms with van der Waals surface area (Å²) in [4.78, 5) is 14.5. The van der Waals surface area contributed by atoms with E-state index in [-0.39, 0.29) is 5.91 Å². The molecular formula is C22H19N3O. The van der Waals surface area contributed by atoms with E-state index in [1.807, 2.05) is 78.6 Å². The average Bonchev–Trinajstić information content (AvgIpc) is 3.20. The number of fused-ring (bicyclic) bond motifs is 1. The van der Waals surface area contributed by atoms with E-state index in [0.29, 0.717) is 12.1 Å². The van der Waals surface area contributed by atoms with E-state index < -0.39 is 0 Å². The number of carbonyl (C=O) groups excluding carboxylic acids is 1. The first kappa shape index (κ1) is 16.1. The van der Waals surface area contributed by atoms with E-state index in [0.717, 1.165) is 16.6 Å². The Morgan fingerprint density at radius 3 is 2.46 bits per heavy atom. The summed E-state index contributed by atoms with van der Waals surface area (Å²) in [6.07, 6.45) is 3.68. The van der Waals surface area contributed by atoms with Gasteiger partial charge in [-0.3, -0.25) is 9.48 Å². The van der Waals surface area contributed by atoms with Crippen LogP contribution in [0.15, 0.2) is 85.2 Å². The fourth-order valence-electron chi connectivity index (χ4n) is 3.03. The molecular weight excluding hydrogens is 322 g/mol. The Kier molecular flexibility index (Phi) is 4.23. The Labute approximate surface area is 152 Å². The van der Waals surface area contributed by atoms with Gasteiger partial charge in [-0.25, -0.2) is 0 Å². The van der Waals surface area contributed by atoms with E-state index in [4.69, 9.17) is 0 Å². The van der Waals surface area contributed by atoms with Crippen molar-refractivity contribution in [2.24, 2.45) is 0 Å². The normalized spacial score (nSPS) is 10.8. The Balaban J connectivity index is 1.53. The van der Waals surface area contributed by atoms with Crippen molar-refractivity contribution in [2.75, 3.05) is 11.9 Å². The molecule has 0 saturated carbocycles. The quantitative estimate of drug-likeness (QED) is 0.553. The van der Waals surface area contributed by atoms with Crippen LogP contribution in [0.5, 0.6) is 0 Å². The molecule has 0 radical (unpaired) electrons. The first-order valence-corrected chi connectivity index (χ1v) is 8.54. The van der Waals surface area contributed by atoms with Crippen molar-refractivity contribution >= 4 is 22.4 Å². The fraction of sp³-hybridized carbons (Fsp3) is 0.0909. The number of aromatic nitrogens is 2. The van der Waals surface area contributed by atoms with Gasteiger partial charge in [0, 0.05) is 30.7 Å². The number of benzene rings is 3. The zero-order valence-electron chi connectivity index (χ0n) is 14.5. The molecule has 0 aliphatic rings. The lowest BCUT2D eigenvalue weighted by atomic mass is 10.1. The summed E-state index contributed by atoms with van der Waals surface area (Å²) in [6, 6.07) is 23.8. The smallest absolute Gasteiger partial charge is 0.258 e. The molecule has 128 valence electrons. The predicted molar refractivity (Wildman–Crippen MR) is 104 cm³/mol. The zero-order chi connectivity index (χ0) is 17.9. The van der Waals surface area contributed by atoms with Crippen molar-refractivity contribution in [3.05, 3.63) is 96.3 Å². The van der Waals surface area contributed by atoms with Gasteiger partial charge >= 0.3 is 0 Å². The molecule has 0 atom stereocenters. The summed E-state index contributed by atoms with van der Waals surface area (Å²) in [6.45, 7) is 0.696. The third-order valence-corrected chi connectivity index (χ3v) is 4.53. The lowest BCUT2D eigenvalue weighted by Gasteiger charge is -2.18. The third-order valence-electron chi connectivity index (χ3n) is 4.53. The minimum Gasteiger partial charge on any atom is -0.311 e. The lowest BCUT2D eigenvalue weighted by Crippen LogP contribution is -2.26. The first-order chi connectivity index (χ1) is 12.7. The summed E-state index contributed by atoms with van der Waals surface area (Å²) in [7, 11) is 1.81. The van der Waals surface area contributed by atoms with Crippen molar-refractivity contribution in [3.8, 4) is 0 Å². The fourth-order valence-corrected chi connectivity index (χ4v) is 3.03. The van der Waals surface area contributed by atoms with Gasteiger partial charge in [-0.05, 0) is 46.7 Å². The molecule has 0 saturated heterocycles. The van der Waals surface area contributed by atoms with Gasteiger partial charge in [0.15, 0.2) is 0 Å². The highest BCUT2D eigenvalue weighted by molar-refractivity contribution is 6.06. The van der Waals surface area contributed by atoms with Gasteiger partial charge in [-0.2, -0.15) is 5.10 Å². The Morgan fingerprint density at radius 1 is 0.962 bits per heavy atom. The Hall–Kier alpha value is -3.40. The van der Waals surface area contributed by atoms with Gasteiger partial charge in [0.05, 0.1) is 6.54 Å². The number of hydrogen-bond acceptors (Lipinski definition) is 2. The van der Waals surface area contributed by atoms with Crippen LogP contribution in [0.1, 0.15) is 15.9 Å². The zero-order valence-corrected chi connectivity index (χ0v) is 14.5. The van der Waals surface area contributed by atoms with Crippen molar-refractivity contribution in [1.82, 2.24) is 9.78 Å².